The number of halogens is 1. The Kier molecular flexibility index (Phi) is 5.49. The lowest BCUT2D eigenvalue weighted by molar-refractivity contribution is 0.0690. The minimum atomic E-state index is -1.19. The number of carboxylic acid groups (broad SMARTS) is 1. The van der Waals surface area contributed by atoms with E-state index in [0.717, 1.165) is 4.68 Å². The molecule has 0 atom stereocenters. The first kappa shape index (κ1) is 19.9. The Morgan fingerprint density at radius 1 is 1.21 bits per heavy atom. The van der Waals surface area contributed by atoms with Gasteiger partial charge in [-0.3, -0.25) is 9.59 Å². The summed E-state index contributed by atoms with van der Waals surface area (Å²) in [6.07, 6.45) is 1.32. The Morgan fingerprint density at radius 2 is 1.90 bits per heavy atom. The molecule has 0 aliphatic carbocycles. The third kappa shape index (κ3) is 4.18. The number of rotatable bonds is 6. The molecule has 2 heterocycles. The summed E-state index contributed by atoms with van der Waals surface area (Å²) >= 11 is 0. The highest BCUT2D eigenvalue weighted by atomic mass is 19.1. The van der Waals surface area contributed by atoms with Crippen LogP contribution in [0.25, 0.3) is 5.69 Å². The summed E-state index contributed by atoms with van der Waals surface area (Å²) in [6.45, 7) is 2.72. The lowest BCUT2D eigenvalue weighted by atomic mass is 10.1. The van der Waals surface area contributed by atoms with Crippen molar-refractivity contribution >= 4 is 11.8 Å². The summed E-state index contributed by atoms with van der Waals surface area (Å²) < 4.78 is 19.8. The number of ketones is 1. The molecule has 9 heteroatoms. The molecule has 3 rings (SSSR count). The van der Waals surface area contributed by atoms with Crippen LogP contribution in [0.1, 0.15) is 39.0 Å². The molecule has 0 aliphatic rings. The van der Waals surface area contributed by atoms with Crippen LogP contribution in [0.4, 0.5) is 4.39 Å². The fourth-order valence-corrected chi connectivity index (χ4v) is 2.68. The van der Waals surface area contributed by atoms with E-state index in [2.05, 4.69) is 10.1 Å². The number of aromatic nitrogens is 3. The van der Waals surface area contributed by atoms with Gasteiger partial charge in [0.05, 0.1) is 5.69 Å². The van der Waals surface area contributed by atoms with E-state index in [0.29, 0.717) is 5.56 Å². The summed E-state index contributed by atoms with van der Waals surface area (Å²) in [4.78, 5) is 39.7. The monoisotopic (exact) mass is 397 g/mol. The van der Waals surface area contributed by atoms with Crippen molar-refractivity contribution < 1.29 is 23.8 Å². The van der Waals surface area contributed by atoms with Crippen LogP contribution in [0.2, 0.25) is 0 Å². The molecular weight excluding hydrogens is 381 g/mol. The van der Waals surface area contributed by atoms with E-state index in [1.807, 2.05) is 0 Å². The topological polar surface area (TPSA) is 111 Å². The first-order chi connectivity index (χ1) is 13.8. The quantitative estimate of drug-likeness (QED) is 0.636. The van der Waals surface area contributed by atoms with Crippen molar-refractivity contribution in [3.8, 4) is 11.4 Å². The van der Waals surface area contributed by atoms with E-state index < -0.39 is 17.3 Å². The predicted octanol–water partition coefficient (Wildman–Crippen LogP) is 2.55. The minimum Gasteiger partial charge on any atom is -0.483 e. The third-order valence-corrected chi connectivity index (χ3v) is 4.11. The molecule has 0 bridgehead atoms. The van der Waals surface area contributed by atoms with Crippen molar-refractivity contribution in [3.63, 3.8) is 0 Å². The zero-order valence-corrected chi connectivity index (χ0v) is 15.5. The summed E-state index contributed by atoms with van der Waals surface area (Å²) in [7, 11) is 0. The number of pyridine rings is 1. The fraction of sp³-hybridized carbons (Fsp3) is 0.150. The molecule has 3 aromatic rings. The van der Waals surface area contributed by atoms with Crippen LogP contribution in [0, 0.1) is 12.7 Å². The van der Waals surface area contributed by atoms with Gasteiger partial charge in [-0.2, -0.15) is 9.78 Å². The average Bonchev–Trinajstić information content (AvgIpc) is 2.69. The van der Waals surface area contributed by atoms with Crippen molar-refractivity contribution in [3.05, 3.63) is 81.3 Å². The fourth-order valence-electron chi connectivity index (χ4n) is 2.68. The second kappa shape index (κ2) is 8.01. The van der Waals surface area contributed by atoms with Gasteiger partial charge in [0.2, 0.25) is 0 Å². The van der Waals surface area contributed by atoms with E-state index in [-0.39, 0.29) is 40.8 Å². The molecule has 0 aliphatic heterocycles. The van der Waals surface area contributed by atoms with Crippen LogP contribution in [0.15, 0.2) is 47.4 Å². The SMILES string of the molecule is CC(=O)c1nn(-c2ccc(F)cc2)c(=O)c(OCc2ccnc(C(=O)O)c2)c1C. The van der Waals surface area contributed by atoms with Crippen molar-refractivity contribution in [1.29, 1.82) is 0 Å². The molecule has 148 valence electrons. The number of aromatic carboxylic acids is 1. The van der Waals surface area contributed by atoms with Gasteiger partial charge in [-0.15, -0.1) is 0 Å². The van der Waals surface area contributed by atoms with Crippen LogP contribution in [-0.4, -0.2) is 31.6 Å². The lowest BCUT2D eigenvalue weighted by Gasteiger charge is -2.14. The van der Waals surface area contributed by atoms with Gasteiger partial charge in [0.1, 0.15) is 23.8 Å². The Labute approximate surface area is 164 Å². The lowest BCUT2D eigenvalue weighted by Crippen LogP contribution is -2.27. The van der Waals surface area contributed by atoms with E-state index >= 15 is 0 Å². The molecule has 0 fully saturated rings. The number of nitrogens with zero attached hydrogens (tertiary/aromatic N) is 3. The van der Waals surface area contributed by atoms with Gasteiger partial charge in [0.15, 0.2) is 11.5 Å². The normalized spacial score (nSPS) is 10.6. The van der Waals surface area contributed by atoms with Gasteiger partial charge >= 0.3 is 11.5 Å². The van der Waals surface area contributed by atoms with Gasteiger partial charge in [0, 0.05) is 18.7 Å². The molecule has 0 saturated carbocycles. The number of hydrogen-bond acceptors (Lipinski definition) is 6. The first-order valence-electron chi connectivity index (χ1n) is 8.49. The highest BCUT2D eigenvalue weighted by Crippen LogP contribution is 2.19. The molecule has 0 amide bonds. The largest absolute Gasteiger partial charge is 0.483 e. The number of benzene rings is 1. The molecule has 29 heavy (non-hydrogen) atoms. The van der Waals surface area contributed by atoms with Crippen LogP contribution in [-0.2, 0) is 6.61 Å². The molecule has 2 aromatic heterocycles. The highest BCUT2D eigenvalue weighted by Gasteiger charge is 2.19. The highest BCUT2D eigenvalue weighted by molar-refractivity contribution is 5.93. The summed E-state index contributed by atoms with van der Waals surface area (Å²) in [6, 6.07) is 7.92. The zero-order chi connectivity index (χ0) is 21.1. The van der Waals surface area contributed by atoms with Crippen LogP contribution >= 0.6 is 0 Å². The smallest absolute Gasteiger partial charge is 0.354 e. The molecule has 0 radical (unpaired) electrons. The van der Waals surface area contributed by atoms with Crippen molar-refractivity contribution in [2.45, 2.75) is 20.5 Å². The Balaban J connectivity index is 2.04. The molecular formula is C20H16FN3O5. The number of carboxylic acids is 1. The predicted molar refractivity (Wildman–Crippen MR) is 100 cm³/mol. The summed E-state index contributed by atoms with van der Waals surface area (Å²) in [5.74, 6) is -2.16. The number of carbonyl (C=O) groups excluding carboxylic acids is 1. The van der Waals surface area contributed by atoms with Gasteiger partial charge in [0.25, 0.3) is 0 Å². The number of ether oxygens (including phenoxy) is 1. The number of carbonyl (C=O) groups is 2. The van der Waals surface area contributed by atoms with Crippen molar-refractivity contribution in [1.82, 2.24) is 14.8 Å². The molecule has 1 N–H and O–H groups in total. The molecule has 8 nitrogen and oxygen atoms in total. The maximum atomic E-state index is 13.2. The number of Topliss-reactive ketones (excluding diaryl/α,β-unsaturated/α-hetero) is 1. The molecule has 1 aromatic carbocycles. The number of hydrogen-bond donors (Lipinski definition) is 1. The summed E-state index contributed by atoms with van der Waals surface area (Å²) in [5.41, 5.74) is 0.238. The Hall–Kier alpha value is -3.88. The second-order valence-corrected chi connectivity index (χ2v) is 6.20. The van der Waals surface area contributed by atoms with Crippen molar-refractivity contribution in [2.24, 2.45) is 0 Å². The summed E-state index contributed by atoms with van der Waals surface area (Å²) in [5, 5.41) is 13.1. The minimum absolute atomic E-state index is 0.0323. The van der Waals surface area contributed by atoms with Gasteiger partial charge in [-0.25, -0.2) is 14.2 Å². The molecule has 0 unspecified atom stereocenters. The molecule has 0 spiro atoms. The van der Waals surface area contributed by atoms with Gasteiger partial charge in [-0.05, 0) is 48.9 Å². The maximum Gasteiger partial charge on any atom is 0.354 e. The van der Waals surface area contributed by atoms with E-state index in [1.54, 1.807) is 6.07 Å². The Bertz CT molecular complexity index is 1160. The zero-order valence-electron chi connectivity index (χ0n) is 15.5. The van der Waals surface area contributed by atoms with Crippen LogP contribution < -0.4 is 10.3 Å². The van der Waals surface area contributed by atoms with Gasteiger partial charge < -0.3 is 9.84 Å². The maximum absolute atomic E-state index is 13.2. The van der Waals surface area contributed by atoms with E-state index in [1.165, 1.54) is 50.4 Å². The van der Waals surface area contributed by atoms with Crippen LogP contribution in [0.5, 0.6) is 5.75 Å². The first-order valence-corrected chi connectivity index (χ1v) is 8.49. The third-order valence-electron chi connectivity index (χ3n) is 4.11. The molecule has 0 saturated heterocycles. The average molecular weight is 397 g/mol. The van der Waals surface area contributed by atoms with Crippen molar-refractivity contribution in [2.75, 3.05) is 0 Å². The van der Waals surface area contributed by atoms with E-state index in [4.69, 9.17) is 9.84 Å². The standard InChI is InChI=1S/C20H16FN3O5/c1-11-17(12(2)25)23-24(15-5-3-14(21)4-6-15)19(26)18(11)29-10-13-7-8-22-16(9-13)20(27)28/h3-9H,10H2,1-2H3,(H,27,28). The van der Waals surface area contributed by atoms with E-state index in [9.17, 15) is 18.8 Å². The Morgan fingerprint density at radius 3 is 2.52 bits per heavy atom. The van der Waals surface area contributed by atoms with Crippen LogP contribution in [0.3, 0.4) is 0 Å². The second-order valence-electron chi connectivity index (χ2n) is 6.20. The van der Waals surface area contributed by atoms with Gasteiger partial charge in [-0.1, -0.05) is 0 Å².